The Morgan fingerprint density at radius 3 is 2.47 bits per heavy atom. The molecule has 1 N–H and O–H groups in total. The third kappa shape index (κ3) is 2.55. The van der Waals surface area contributed by atoms with Gasteiger partial charge in [0.15, 0.2) is 5.43 Å². The van der Waals surface area contributed by atoms with Gasteiger partial charge in [0.1, 0.15) is 0 Å². The van der Waals surface area contributed by atoms with Crippen LogP contribution >= 0.6 is 0 Å². The molecule has 1 aromatic carbocycles. The van der Waals surface area contributed by atoms with E-state index < -0.39 is 11.7 Å². The van der Waals surface area contributed by atoms with Gasteiger partial charge in [-0.05, 0) is 17.7 Å². The lowest BCUT2D eigenvalue weighted by atomic mass is 10.1. The number of hydrogen-bond acceptors (Lipinski definition) is 1. The lowest BCUT2D eigenvalue weighted by Gasteiger charge is -2.08. The Balaban J connectivity index is 2.51. The summed E-state index contributed by atoms with van der Waals surface area (Å²) in [6.07, 6.45) is -2.98. The maximum atomic E-state index is 12.5. The monoisotopic (exact) mass is 239 g/mol. The second-order valence-corrected chi connectivity index (χ2v) is 3.52. The molecule has 88 valence electrons. The van der Waals surface area contributed by atoms with E-state index in [2.05, 4.69) is 4.98 Å². The normalized spacial score (nSPS) is 11.5. The first-order valence-corrected chi connectivity index (χ1v) is 4.83. The molecular weight excluding hydrogens is 231 g/mol. The van der Waals surface area contributed by atoms with E-state index in [4.69, 9.17) is 0 Å². The Bertz CT molecular complexity index is 587. The van der Waals surface area contributed by atoms with Crippen molar-refractivity contribution in [3.05, 3.63) is 58.4 Å². The van der Waals surface area contributed by atoms with Crippen LogP contribution in [0.4, 0.5) is 13.2 Å². The molecule has 0 aliphatic rings. The van der Waals surface area contributed by atoms with E-state index in [1.54, 1.807) is 0 Å². The lowest BCUT2D eigenvalue weighted by Crippen LogP contribution is -2.05. The summed E-state index contributed by atoms with van der Waals surface area (Å²) >= 11 is 0. The van der Waals surface area contributed by atoms with Crippen molar-refractivity contribution in [2.75, 3.05) is 0 Å². The largest absolute Gasteiger partial charge is 0.416 e. The van der Waals surface area contributed by atoms with Gasteiger partial charge < -0.3 is 4.98 Å². The molecule has 0 saturated heterocycles. The molecule has 0 saturated carbocycles. The van der Waals surface area contributed by atoms with Gasteiger partial charge in [0.25, 0.3) is 0 Å². The number of benzene rings is 1. The molecular formula is C12H8F3NO. The van der Waals surface area contributed by atoms with Crippen LogP contribution in [0.5, 0.6) is 0 Å². The van der Waals surface area contributed by atoms with Crippen LogP contribution in [-0.4, -0.2) is 4.98 Å². The van der Waals surface area contributed by atoms with Crippen molar-refractivity contribution in [2.45, 2.75) is 6.18 Å². The maximum absolute atomic E-state index is 12.5. The van der Waals surface area contributed by atoms with Gasteiger partial charge in [0.05, 0.1) is 5.56 Å². The van der Waals surface area contributed by atoms with Crippen LogP contribution in [0.2, 0.25) is 0 Å². The zero-order valence-electron chi connectivity index (χ0n) is 8.58. The van der Waals surface area contributed by atoms with Crippen molar-refractivity contribution in [1.29, 1.82) is 0 Å². The van der Waals surface area contributed by atoms with Gasteiger partial charge in [0.2, 0.25) is 0 Å². The van der Waals surface area contributed by atoms with Crippen LogP contribution in [0, 0.1) is 0 Å². The highest BCUT2D eigenvalue weighted by Crippen LogP contribution is 2.31. The number of aromatic amines is 1. The molecule has 0 unspecified atom stereocenters. The number of nitrogens with one attached hydrogen (secondary N) is 1. The number of rotatable bonds is 1. The van der Waals surface area contributed by atoms with Gasteiger partial charge in [-0.25, -0.2) is 0 Å². The summed E-state index contributed by atoms with van der Waals surface area (Å²) in [5.41, 5.74) is -0.294. The Morgan fingerprint density at radius 1 is 1.06 bits per heavy atom. The first-order chi connectivity index (χ1) is 7.97. The summed E-state index contributed by atoms with van der Waals surface area (Å²) in [4.78, 5) is 13.8. The standard InChI is InChI=1S/C12H8F3NO/c13-12(14,15)9-3-1-2-8(6-9)11-7-10(17)4-5-16-11/h1-7H,(H,16,17). The predicted molar refractivity (Wildman–Crippen MR) is 57.5 cm³/mol. The van der Waals surface area contributed by atoms with Crippen molar-refractivity contribution >= 4 is 0 Å². The minimum absolute atomic E-state index is 0.254. The molecule has 2 nitrogen and oxygen atoms in total. The molecule has 0 spiro atoms. The van der Waals surface area contributed by atoms with E-state index in [0.717, 1.165) is 12.1 Å². The van der Waals surface area contributed by atoms with Crippen molar-refractivity contribution in [1.82, 2.24) is 4.98 Å². The van der Waals surface area contributed by atoms with Crippen LogP contribution in [0.25, 0.3) is 11.3 Å². The molecule has 17 heavy (non-hydrogen) atoms. The zero-order chi connectivity index (χ0) is 12.5. The van der Waals surface area contributed by atoms with Gasteiger partial charge in [-0.2, -0.15) is 13.2 Å². The fourth-order valence-corrected chi connectivity index (χ4v) is 1.48. The van der Waals surface area contributed by atoms with Crippen LogP contribution in [0.1, 0.15) is 5.56 Å². The number of hydrogen-bond donors (Lipinski definition) is 1. The molecule has 0 aliphatic heterocycles. The number of pyridine rings is 1. The average molecular weight is 239 g/mol. The van der Waals surface area contributed by atoms with Crippen LogP contribution in [0.15, 0.2) is 47.4 Å². The minimum Gasteiger partial charge on any atom is -0.361 e. The lowest BCUT2D eigenvalue weighted by molar-refractivity contribution is -0.137. The molecule has 0 aliphatic carbocycles. The summed E-state index contributed by atoms with van der Waals surface area (Å²) in [5, 5.41) is 0. The highest BCUT2D eigenvalue weighted by atomic mass is 19.4. The van der Waals surface area contributed by atoms with Crippen LogP contribution < -0.4 is 5.43 Å². The van der Waals surface area contributed by atoms with Gasteiger partial charge in [-0.1, -0.05) is 12.1 Å². The Labute approximate surface area is 94.7 Å². The van der Waals surface area contributed by atoms with Gasteiger partial charge in [0, 0.05) is 24.0 Å². The van der Waals surface area contributed by atoms with Gasteiger partial charge in [-0.3, -0.25) is 4.79 Å². The Hall–Kier alpha value is -2.04. The van der Waals surface area contributed by atoms with E-state index >= 15 is 0 Å². The number of H-pyrrole nitrogens is 1. The number of aromatic nitrogens is 1. The summed E-state index contributed by atoms with van der Waals surface area (Å²) < 4.78 is 37.5. The Kier molecular flexibility index (Phi) is 2.75. The Morgan fingerprint density at radius 2 is 1.82 bits per heavy atom. The molecule has 0 radical (unpaired) electrons. The molecule has 2 aromatic rings. The minimum atomic E-state index is -4.38. The molecule has 0 amide bonds. The van der Waals surface area contributed by atoms with E-state index in [1.165, 1.54) is 30.5 Å². The fourth-order valence-electron chi connectivity index (χ4n) is 1.48. The molecule has 5 heteroatoms. The first-order valence-electron chi connectivity index (χ1n) is 4.83. The second-order valence-electron chi connectivity index (χ2n) is 3.52. The maximum Gasteiger partial charge on any atom is 0.416 e. The average Bonchev–Trinajstić information content (AvgIpc) is 2.28. The highest BCUT2D eigenvalue weighted by Gasteiger charge is 2.30. The van der Waals surface area contributed by atoms with Crippen molar-refractivity contribution in [2.24, 2.45) is 0 Å². The third-order valence-electron chi connectivity index (χ3n) is 2.27. The van der Waals surface area contributed by atoms with Gasteiger partial charge >= 0.3 is 6.18 Å². The summed E-state index contributed by atoms with van der Waals surface area (Å²) in [6.45, 7) is 0. The molecule has 0 fully saturated rings. The van der Waals surface area contributed by atoms with E-state index in [9.17, 15) is 18.0 Å². The number of halogens is 3. The molecule has 1 heterocycles. The van der Waals surface area contributed by atoms with Crippen molar-refractivity contribution in [3.8, 4) is 11.3 Å². The predicted octanol–water partition coefficient (Wildman–Crippen LogP) is 3.06. The summed E-state index contributed by atoms with van der Waals surface area (Å²) in [5.74, 6) is 0. The van der Waals surface area contributed by atoms with Gasteiger partial charge in [-0.15, -0.1) is 0 Å². The quantitative estimate of drug-likeness (QED) is 0.815. The molecule has 2 rings (SSSR count). The van der Waals surface area contributed by atoms with Crippen LogP contribution in [0.3, 0.4) is 0 Å². The summed E-state index contributed by atoms with van der Waals surface area (Å²) in [7, 11) is 0. The first kappa shape index (κ1) is 11.4. The smallest absolute Gasteiger partial charge is 0.361 e. The molecule has 1 aromatic heterocycles. The molecule has 0 atom stereocenters. The van der Waals surface area contributed by atoms with E-state index in [0.29, 0.717) is 11.3 Å². The molecule has 0 bridgehead atoms. The van der Waals surface area contributed by atoms with E-state index in [1.807, 2.05) is 0 Å². The second kappa shape index (κ2) is 4.08. The van der Waals surface area contributed by atoms with Crippen LogP contribution in [-0.2, 0) is 6.18 Å². The SMILES string of the molecule is O=c1cc[nH]c(-c2cccc(C(F)(F)F)c2)c1. The van der Waals surface area contributed by atoms with Crippen molar-refractivity contribution in [3.63, 3.8) is 0 Å². The third-order valence-corrected chi connectivity index (χ3v) is 2.27. The van der Waals surface area contributed by atoms with Crippen molar-refractivity contribution < 1.29 is 13.2 Å². The fraction of sp³-hybridized carbons (Fsp3) is 0.0833. The number of alkyl halides is 3. The highest BCUT2D eigenvalue weighted by molar-refractivity contribution is 5.59. The topological polar surface area (TPSA) is 32.9 Å². The zero-order valence-corrected chi connectivity index (χ0v) is 8.58. The summed E-state index contributed by atoms with van der Waals surface area (Å²) in [6, 6.07) is 7.38. The van der Waals surface area contributed by atoms with E-state index in [-0.39, 0.29) is 5.43 Å².